The predicted octanol–water partition coefficient (Wildman–Crippen LogP) is 2.69. The molecule has 1 unspecified atom stereocenters. The van der Waals surface area contributed by atoms with Crippen LogP contribution >= 0.6 is 11.3 Å². The minimum absolute atomic E-state index is 0.0375. The van der Waals surface area contributed by atoms with Crippen molar-refractivity contribution in [2.45, 2.75) is 26.0 Å². The summed E-state index contributed by atoms with van der Waals surface area (Å²) in [6.45, 7) is 2.31. The zero-order valence-electron chi connectivity index (χ0n) is 15.3. The van der Waals surface area contributed by atoms with E-state index in [4.69, 9.17) is 4.74 Å². The summed E-state index contributed by atoms with van der Waals surface area (Å²) in [5.74, 6) is 0.627. The molecule has 8 heteroatoms. The second kappa shape index (κ2) is 8.22. The molecule has 0 radical (unpaired) electrons. The van der Waals surface area contributed by atoms with E-state index in [2.05, 4.69) is 4.98 Å². The quantitative estimate of drug-likeness (QED) is 0.690. The average Bonchev–Trinajstić information content (AvgIpc) is 3.22. The first-order chi connectivity index (χ1) is 12.8. The summed E-state index contributed by atoms with van der Waals surface area (Å²) in [5, 5.41) is 2.95. The third kappa shape index (κ3) is 5.17. The van der Waals surface area contributed by atoms with Crippen LogP contribution in [0.25, 0.3) is 6.08 Å². The fraction of sp³-hybridized carbons (Fsp3) is 0.368. The summed E-state index contributed by atoms with van der Waals surface area (Å²) in [5.41, 5.74) is 1.65. The zero-order chi connectivity index (χ0) is 19.4. The second-order valence-electron chi connectivity index (χ2n) is 6.52. The first-order valence-corrected chi connectivity index (χ1v) is 11.3. The number of rotatable bonds is 6. The number of hydrogen-bond acceptors (Lipinski definition) is 6. The lowest BCUT2D eigenvalue weighted by atomic mass is 10.1. The molecule has 1 fully saturated rings. The number of thiazole rings is 1. The van der Waals surface area contributed by atoms with Crippen LogP contribution in [0.15, 0.2) is 35.7 Å². The Morgan fingerprint density at radius 2 is 2.19 bits per heavy atom. The number of ether oxygens (including phenoxy) is 1. The second-order valence-corrected chi connectivity index (χ2v) is 9.81. The van der Waals surface area contributed by atoms with Gasteiger partial charge in [0, 0.05) is 30.1 Å². The number of amides is 1. The predicted molar refractivity (Wildman–Crippen MR) is 106 cm³/mol. The van der Waals surface area contributed by atoms with Crippen molar-refractivity contribution in [2.24, 2.45) is 0 Å². The van der Waals surface area contributed by atoms with E-state index in [1.165, 1.54) is 11.0 Å². The Bertz CT molecular complexity index is 950. The van der Waals surface area contributed by atoms with E-state index in [0.29, 0.717) is 18.8 Å². The SMILES string of the molecule is Cc1nc(COc2ccccc2C=CC(=O)N(C)C2CCS(=O)(=O)C2)cs1. The molecular weight excluding hydrogens is 384 g/mol. The first kappa shape index (κ1) is 19.6. The molecule has 0 spiro atoms. The van der Waals surface area contributed by atoms with Gasteiger partial charge in [0.25, 0.3) is 0 Å². The average molecular weight is 407 g/mol. The van der Waals surface area contributed by atoms with E-state index in [0.717, 1.165) is 16.3 Å². The van der Waals surface area contributed by atoms with E-state index < -0.39 is 9.84 Å². The highest BCUT2D eigenvalue weighted by Crippen LogP contribution is 2.22. The van der Waals surface area contributed by atoms with Gasteiger partial charge in [0.05, 0.1) is 22.2 Å². The summed E-state index contributed by atoms with van der Waals surface area (Å²) in [4.78, 5) is 18.3. The smallest absolute Gasteiger partial charge is 0.246 e. The minimum Gasteiger partial charge on any atom is -0.487 e. The molecule has 27 heavy (non-hydrogen) atoms. The van der Waals surface area contributed by atoms with Crippen LogP contribution in [0.3, 0.4) is 0 Å². The largest absolute Gasteiger partial charge is 0.487 e. The Morgan fingerprint density at radius 3 is 2.85 bits per heavy atom. The molecule has 6 nitrogen and oxygen atoms in total. The van der Waals surface area contributed by atoms with Crippen molar-refractivity contribution in [2.75, 3.05) is 18.6 Å². The van der Waals surface area contributed by atoms with Crippen LogP contribution in [0.4, 0.5) is 0 Å². The van der Waals surface area contributed by atoms with Gasteiger partial charge in [-0.25, -0.2) is 13.4 Å². The maximum absolute atomic E-state index is 12.4. The van der Waals surface area contributed by atoms with Gasteiger partial charge in [-0.3, -0.25) is 4.79 Å². The van der Waals surface area contributed by atoms with Crippen molar-refractivity contribution >= 4 is 33.2 Å². The molecule has 1 aromatic carbocycles. The highest BCUT2D eigenvalue weighted by atomic mass is 32.2. The maximum atomic E-state index is 12.4. The third-order valence-corrected chi connectivity index (χ3v) is 7.04. The molecule has 1 saturated heterocycles. The van der Waals surface area contributed by atoms with Gasteiger partial charge in [0.15, 0.2) is 9.84 Å². The fourth-order valence-corrected chi connectivity index (χ4v) is 5.29. The highest BCUT2D eigenvalue weighted by molar-refractivity contribution is 7.91. The number of sulfone groups is 1. The number of carbonyl (C=O) groups is 1. The molecule has 0 saturated carbocycles. The van der Waals surface area contributed by atoms with Crippen LogP contribution in [0.1, 0.15) is 22.7 Å². The summed E-state index contributed by atoms with van der Waals surface area (Å²) in [6.07, 6.45) is 3.65. The molecule has 0 N–H and O–H groups in total. The number of benzene rings is 1. The number of likely N-dealkylation sites (N-methyl/N-ethyl adjacent to an activating group) is 1. The topological polar surface area (TPSA) is 76.6 Å². The van der Waals surface area contributed by atoms with Crippen molar-refractivity contribution in [1.29, 1.82) is 0 Å². The molecule has 0 bridgehead atoms. The molecule has 2 heterocycles. The zero-order valence-corrected chi connectivity index (χ0v) is 16.9. The molecule has 1 aromatic heterocycles. The van der Waals surface area contributed by atoms with Gasteiger partial charge in [-0.15, -0.1) is 11.3 Å². The minimum atomic E-state index is -3.02. The Morgan fingerprint density at radius 1 is 1.41 bits per heavy atom. The molecule has 3 rings (SSSR count). The van der Waals surface area contributed by atoms with Crippen LogP contribution in [-0.2, 0) is 21.2 Å². The normalized spacial score (nSPS) is 18.7. The number of hydrogen-bond donors (Lipinski definition) is 0. The summed E-state index contributed by atoms with van der Waals surface area (Å²) in [6, 6.07) is 7.20. The fourth-order valence-electron chi connectivity index (χ4n) is 2.92. The summed E-state index contributed by atoms with van der Waals surface area (Å²) >= 11 is 1.57. The Balaban J connectivity index is 1.65. The van der Waals surface area contributed by atoms with Gasteiger partial charge in [-0.2, -0.15) is 0 Å². The molecule has 0 aliphatic carbocycles. The molecule has 1 aliphatic rings. The lowest BCUT2D eigenvalue weighted by molar-refractivity contribution is -0.126. The van der Waals surface area contributed by atoms with Crippen LogP contribution in [0.5, 0.6) is 5.75 Å². The first-order valence-electron chi connectivity index (χ1n) is 8.62. The van der Waals surface area contributed by atoms with Gasteiger partial charge in [0.1, 0.15) is 12.4 Å². The highest BCUT2D eigenvalue weighted by Gasteiger charge is 2.32. The maximum Gasteiger partial charge on any atom is 0.246 e. The van der Waals surface area contributed by atoms with Gasteiger partial charge >= 0.3 is 0 Å². The van der Waals surface area contributed by atoms with Crippen LogP contribution in [0.2, 0.25) is 0 Å². The van der Waals surface area contributed by atoms with Crippen molar-refractivity contribution in [3.63, 3.8) is 0 Å². The van der Waals surface area contributed by atoms with Crippen molar-refractivity contribution in [1.82, 2.24) is 9.88 Å². The van der Waals surface area contributed by atoms with Gasteiger partial charge < -0.3 is 9.64 Å². The molecule has 1 aliphatic heterocycles. The van der Waals surface area contributed by atoms with E-state index in [1.54, 1.807) is 24.5 Å². The lowest BCUT2D eigenvalue weighted by Gasteiger charge is -2.21. The molecule has 2 aromatic rings. The molecule has 1 atom stereocenters. The Hall–Kier alpha value is -2.19. The van der Waals surface area contributed by atoms with E-state index in [9.17, 15) is 13.2 Å². The number of aryl methyl sites for hydroxylation is 1. The molecular formula is C19H22N2O4S2. The van der Waals surface area contributed by atoms with Crippen molar-refractivity contribution in [3.8, 4) is 5.75 Å². The lowest BCUT2D eigenvalue weighted by Crippen LogP contribution is -2.36. The monoisotopic (exact) mass is 406 g/mol. The van der Waals surface area contributed by atoms with E-state index >= 15 is 0 Å². The molecule has 1 amide bonds. The van der Waals surface area contributed by atoms with Crippen molar-refractivity contribution in [3.05, 3.63) is 52.0 Å². The number of carbonyl (C=O) groups excluding carboxylic acids is 1. The van der Waals surface area contributed by atoms with Crippen LogP contribution in [-0.4, -0.2) is 48.8 Å². The van der Waals surface area contributed by atoms with Crippen molar-refractivity contribution < 1.29 is 17.9 Å². The van der Waals surface area contributed by atoms with Crippen LogP contribution in [0, 0.1) is 6.92 Å². The summed E-state index contributed by atoms with van der Waals surface area (Å²) < 4.78 is 29.1. The van der Waals surface area contributed by atoms with Gasteiger partial charge in [-0.1, -0.05) is 18.2 Å². The third-order valence-electron chi connectivity index (χ3n) is 4.47. The van der Waals surface area contributed by atoms with E-state index in [1.807, 2.05) is 36.6 Å². The standard InChI is InChI=1S/C19H22N2O4S2/c1-14-20-16(12-26-14)11-25-18-6-4-3-5-15(18)7-8-19(22)21(2)17-9-10-27(23,24)13-17/h3-8,12,17H,9-11,13H2,1-2H3. The number of para-hydroxylation sites is 1. The number of aromatic nitrogens is 1. The Labute approximate surface area is 163 Å². The van der Waals surface area contributed by atoms with Crippen LogP contribution < -0.4 is 4.74 Å². The Kier molecular flexibility index (Phi) is 5.96. The van der Waals surface area contributed by atoms with Gasteiger partial charge in [-0.05, 0) is 25.5 Å². The van der Waals surface area contributed by atoms with Gasteiger partial charge in [0.2, 0.25) is 5.91 Å². The summed E-state index contributed by atoms with van der Waals surface area (Å²) in [7, 11) is -1.38. The number of nitrogens with zero attached hydrogens (tertiary/aromatic N) is 2. The van der Waals surface area contributed by atoms with E-state index in [-0.39, 0.29) is 23.5 Å². The molecule has 144 valence electrons.